The van der Waals surface area contributed by atoms with Crippen molar-refractivity contribution in [1.82, 2.24) is 10.6 Å². The van der Waals surface area contributed by atoms with Crippen molar-refractivity contribution in [1.29, 1.82) is 0 Å². The number of carboxylic acid groups (broad SMARTS) is 1. The number of carbonyl (C=O) groups is 2. The van der Waals surface area contributed by atoms with Crippen molar-refractivity contribution in [2.24, 2.45) is 0 Å². The third kappa shape index (κ3) is 4.67. The van der Waals surface area contributed by atoms with E-state index >= 15 is 0 Å². The predicted molar refractivity (Wildman–Crippen MR) is 83.7 cm³/mol. The van der Waals surface area contributed by atoms with Crippen molar-refractivity contribution in [3.63, 3.8) is 0 Å². The Morgan fingerprint density at radius 2 is 2.10 bits per heavy atom. The molecule has 0 saturated heterocycles. The number of aliphatic carboxylic acids is 1. The van der Waals surface area contributed by atoms with Gasteiger partial charge in [-0.2, -0.15) is 11.8 Å². The third-order valence-corrected chi connectivity index (χ3v) is 4.19. The average molecular weight is 308 g/mol. The zero-order chi connectivity index (χ0) is 15.2. The van der Waals surface area contributed by atoms with Crippen molar-refractivity contribution < 1.29 is 14.7 Å². The van der Waals surface area contributed by atoms with Gasteiger partial charge in [0.2, 0.25) is 0 Å². The molecule has 1 aliphatic rings. The van der Waals surface area contributed by atoms with Crippen LogP contribution in [0.2, 0.25) is 0 Å². The average Bonchev–Trinajstić information content (AvgIpc) is 3.23. The molecule has 0 spiro atoms. The minimum Gasteiger partial charge on any atom is -0.480 e. The minimum absolute atomic E-state index is 0.0994. The smallest absolute Gasteiger partial charge is 0.326 e. The monoisotopic (exact) mass is 308 g/mol. The van der Waals surface area contributed by atoms with Gasteiger partial charge in [-0.05, 0) is 30.4 Å². The SMILES string of the molecule is CSCC[C@@H](NC(=O)NC1CC1c1ccccc1)C(=O)O. The van der Waals surface area contributed by atoms with Gasteiger partial charge in [-0.1, -0.05) is 30.3 Å². The lowest BCUT2D eigenvalue weighted by molar-refractivity contribution is -0.139. The van der Waals surface area contributed by atoms with Crippen LogP contribution in [0.25, 0.3) is 0 Å². The highest BCUT2D eigenvalue weighted by molar-refractivity contribution is 7.98. The Labute approximate surface area is 128 Å². The van der Waals surface area contributed by atoms with E-state index in [4.69, 9.17) is 5.11 Å². The maximum absolute atomic E-state index is 11.9. The van der Waals surface area contributed by atoms with Gasteiger partial charge in [-0.3, -0.25) is 0 Å². The standard InChI is InChI=1S/C15H20N2O3S/c1-21-8-7-12(14(18)19)16-15(20)17-13-9-11(13)10-5-3-2-4-6-10/h2-6,11-13H,7-9H2,1H3,(H,18,19)(H2,16,17,20)/t11?,12-,13?/m1/s1. The Morgan fingerprint density at radius 1 is 1.38 bits per heavy atom. The first-order chi connectivity index (χ1) is 10.1. The van der Waals surface area contributed by atoms with E-state index in [0.29, 0.717) is 18.1 Å². The first-order valence-electron chi connectivity index (χ1n) is 6.95. The molecular formula is C15H20N2O3S. The number of carbonyl (C=O) groups excluding carboxylic acids is 1. The van der Waals surface area contributed by atoms with Gasteiger partial charge in [0, 0.05) is 12.0 Å². The van der Waals surface area contributed by atoms with Crippen LogP contribution in [0, 0.1) is 0 Å². The van der Waals surface area contributed by atoms with E-state index in [1.807, 2.05) is 36.6 Å². The second kappa shape index (κ2) is 7.36. The van der Waals surface area contributed by atoms with Crippen molar-refractivity contribution in [2.75, 3.05) is 12.0 Å². The molecule has 1 aromatic rings. The van der Waals surface area contributed by atoms with Crippen molar-refractivity contribution in [3.8, 4) is 0 Å². The maximum Gasteiger partial charge on any atom is 0.326 e. The summed E-state index contributed by atoms with van der Waals surface area (Å²) in [6, 6.07) is 8.89. The molecule has 2 rings (SSSR count). The number of amides is 2. The van der Waals surface area contributed by atoms with Gasteiger partial charge in [0.25, 0.3) is 0 Å². The number of benzene rings is 1. The van der Waals surface area contributed by atoms with E-state index in [-0.39, 0.29) is 6.04 Å². The molecule has 0 aliphatic heterocycles. The highest BCUT2D eigenvalue weighted by atomic mass is 32.2. The second-order valence-corrected chi connectivity index (χ2v) is 6.14. The number of rotatable bonds is 7. The molecule has 5 nitrogen and oxygen atoms in total. The predicted octanol–water partition coefficient (Wildman–Crippen LogP) is 2.05. The molecule has 1 saturated carbocycles. The Hall–Kier alpha value is -1.69. The molecule has 3 N–H and O–H groups in total. The first kappa shape index (κ1) is 15.7. The largest absolute Gasteiger partial charge is 0.480 e. The van der Waals surface area contributed by atoms with Crippen LogP contribution < -0.4 is 10.6 Å². The molecule has 0 bridgehead atoms. The highest BCUT2D eigenvalue weighted by Gasteiger charge is 2.39. The lowest BCUT2D eigenvalue weighted by atomic mass is 10.1. The highest BCUT2D eigenvalue weighted by Crippen LogP contribution is 2.40. The van der Waals surface area contributed by atoms with Crippen LogP contribution in [-0.4, -0.2) is 41.2 Å². The Kier molecular flexibility index (Phi) is 5.50. The van der Waals surface area contributed by atoms with Gasteiger partial charge < -0.3 is 15.7 Å². The summed E-state index contributed by atoms with van der Waals surface area (Å²) in [5.41, 5.74) is 1.21. The number of carboxylic acids is 1. The van der Waals surface area contributed by atoms with Gasteiger partial charge in [-0.15, -0.1) is 0 Å². The molecule has 0 heterocycles. The van der Waals surface area contributed by atoms with E-state index < -0.39 is 18.0 Å². The quantitative estimate of drug-likeness (QED) is 0.720. The summed E-state index contributed by atoms with van der Waals surface area (Å²) in [4.78, 5) is 22.9. The Bertz CT molecular complexity index is 495. The molecule has 2 unspecified atom stereocenters. The molecular weight excluding hydrogens is 288 g/mol. The van der Waals surface area contributed by atoms with E-state index in [1.165, 1.54) is 5.56 Å². The molecule has 21 heavy (non-hydrogen) atoms. The van der Waals surface area contributed by atoms with Crippen LogP contribution in [0.4, 0.5) is 4.79 Å². The summed E-state index contributed by atoms with van der Waals surface area (Å²) in [5, 5.41) is 14.5. The zero-order valence-electron chi connectivity index (χ0n) is 11.9. The van der Waals surface area contributed by atoms with Crippen LogP contribution in [0.3, 0.4) is 0 Å². The number of hydrogen-bond acceptors (Lipinski definition) is 3. The molecule has 1 aliphatic carbocycles. The van der Waals surface area contributed by atoms with Gasteiger partial charge in [0.05, 0.1) is 0 Å². The minimum atomic E-state index is -0.991. The summed E-state index contributed by atoms with van der Waals surface area (Å²) in [6.07, 6.45) is 3.24. The van der Waals surface area contributed by atoms with Crippen LogP contribution in [0.5, 0.6) is 0 Å². The molecule has 1 aromatic carbocycles. The molecule has 0 aromatic heterocycles. The Balaban J connectivity index is 1.79. The van der Waals surface area contributed by atoms with Gasteiger partial charge in [0.1, 0.15) is 6.04 Å². The summed E-state index contributed by atoms with van der Waals surface area (Å²) in [5.74, 6) is 0.0499. The number of nitrogens with one attached hydrogen (secondary N) is 2. The van der Waals surface area contributed by atoms with E-state index in [2.05, 4.69) is 10.6 Å². The lowest BCUT2D eigenvalue weighted by Gasteiger charge is -2.14. The number of hydrogen-bond donors (Lipinski definition) is 3. The molecule has 6 heteroatoms. The maximum atomic E-state index is 11.9. The fraction of sp³-hybridized carbons (Fsp3) is 0.467. The lowest BCUT2D eigenvalue weighted by Crippen LogP contribution is -2.47. The van der Waals surface area contributed by atoms with Gasteiger partial charge in [-0.25, -0.2) is 9.59 Å². The van der Waals surface area contributed by atoms with Crippen molar-refractivity contribution in [3.05, 3.63) is 35.9 Å². The second-order valence-electron chi connectivity index (χ2n) is 5.15. The first-order valence-corrected chi connectivity index (χ1v) is 8.35. The molecule has 2 amide bonds. The number of thioether (sulfide) groups is 1. The molecule has 3 atom stereocenters. The topological polar surface area (TPSA) is 78.4 Å². The summed E-state index contributed by atoms with van der Waals surface area (Å²) >= 11 is 1.56. The normalized spacial score (nSPS) is 21.4. The van der Waals surface area contributed by atoms with Gasteiger partial charge >= 0.3 is 12.0 Å². The fourth-order valence-corrected chi connectivity index (χ4v) is 2.76. The van der Waals surface area contributed by atoms with Crippen LogP contribution in [0.15, 0.2) is 30.3 Å². The fourth-order valence-electron chi connectivity index (χ4n) is 2.28. The molecule has 0 radical (unpaired) electrons. The third-order valence-electron chi connectivity index (χ3n) is 3.55. The zero-order valence-corrected chi connectivity index (χ0v) is 12.7. The van der Waals surface area contributed by atoms with Crippen molar-refractivity contribution >= 4 is 23.8 Å². The summed E-state index contributed by atoms with van der Waals surface area (Å²) in [7, 11) is 0. The van der Waals surface area contributed by atoms with Crippen LogP contribution >= 0.6 is 11.8 Å². The van der Waals surface area contributed by atoms with E-state index in [9.17, 15) is 9.59 Å². The van der Waals surface area contributed by atoms with E-state index in [1.54, 1.807) is 11.8 Å². The number of urea groups is 1. The van der Waals surface area contributed by atoms with Gasteiger partial charge in [0.15, 0.2) is 0 Å². The Morgan fingerprint density at radius 3 is 2.71 bits per heavy atom. The van der Waals surface area contributed by atoms with Crippen molar-refractivity contribution in [2.45, 2.75) is 30.8 Å². The molecule has 114 valence electrons. The van der Waals surface area contributed by atoms with Crippen LogP contribution in [-0.2, 0) is 4.79 Å². The summed E-state index contributed by atoms with van der Waals surface area (Å²) in [6.45, 7) is 0. The summed E-state index contributed by atoms with van der Waals surface area (Å²) < 4.78 is 0. The van der Waals surface area contributed by atoms with Crippen LogP contribution in [0.1, 0.15) is 24.3 Å². The molecule has 1 fully saturated rings. The van der Waals surface area contributed by atoms with E-state index in [0.717, 1.165) is 6.42 Å².